The average molecular weight is 627 g/mol. The third-order valence-electron chi connectivity index (χ3n) is 4.92. The van der Waals surface area contributed by atoms with Crippen molar-refractivity contribution in [3.63, 3.8) is 0 Å². The molecule has 41 heavy (non-hydrogen) atoms. The zero-order chi connectivity index (χ0) is 29.6. The maximum atomic E-state index is 13.0. The summed E-state index contributed by atoms with van der Waals surface area (Å²) in [6.07, 6.45) is -4.75. The van der Waals surface area contributed by atoms with E-state index in [9.17, 15) is 22.0 Å². The maximum absolute atomic E-state index is 13.0. The second-order valence-electron chi connectivity index (χ2n) is 7.95. The first-order chi connectivity index (χ1) is 19.4. The molecule has 0 aliphatic rings. The SMILES string of the molecule is Fc1ccc(-c2nc(Cl)cc(Cl)n2)cc1.Fc1ccc(-c2nc(Cl)cc(Nc3ccc(OC(F)(F)F)cc3)n2)cc1. The first-order valence-electron chi connectivity index (χ1n) is 11.3. The molecule has 3 aromatic carbocycles. The summed E-state index contributed by atoms with van der Waals surface area (Å²) in [7, 11) is 0. The van der Waals surface area contributed by atoms with Crippen LogP contribution in [-0.4, -0.2) is 26.3 Å². The van der Waals surface area contributed by atoms with Gasteiger partial charge in [-0.1, -0.05) is 34.8 Å². The normalized spacial score (nSPS) is 10.9. The van der Waals surface area contributed by atoms with Crippen LogP contribution < -0.4 is 10.1 Å². The second kappa shape index (κ2) is 13.1. The lowest BCUT2D eigenvalue weighted by molar-refractivity contribution is -0.274. The quantitative estimate of drug-likeness (QED) is 0.155. The molecule has 0 radical (unpaired) electrons. The minimum absolute atomic E-state index is 0.152. The van der Waals surface area contributed by atoms with Gasteiger partial charge in [0.2, 0.25) is 0 Å². The standard InChI is InChI=1S/C17H10ClF4N3O.C10H5Cl2FN2/c18-14-9-15(25-16(24-14)10-1-3-11(19)4-2-10)23-12-5-7-13(8-6-12)26-17(20,21)22;11-8-5-9(12)15-10(14-8)6-1-3-7(13)4-2-6/h1-9H,(H,23,24,25);1-5H. The average Bonchev–Trinajstić information content (AvgIpc) is 2.89. The van der Waals surface area contributed by atoms with Crippen LogP contribution in [0.2, 0.25) is 15.5 Å². The summed E-state index contributed by atoms with van der Waals surface area (Å²) in [6.45, 7) is 0. The molecule has 2 aromatic heterocycles. The Morgan fingerprint density at radius 3 is 1.49 bits per heavy atom. The molecule has 210 valence electrons. The zero-order valence-corrected chi connectivity index (χ0v) is 22.6. The van der Waals surface area contributed by atoms with E-state index in [4.69, 9.17) is 34.8 Å². The predicted molar refractivity (Wildman–Crippen MR) is 146 cm³/mol. The van der Waals surface area contributed by atoms with Crippen LogP contribution in [0.5, 0.6) is 5.75 Å². The van der Waals surface area contributed by atoms with Crippen molar-refractivity contribution < 1.29 is 26.7 Å². The Hall–Kier alpha value is -4.06. The highest BCUT2D eigenvalue weighted by Crippen LogP contribution is 2.27. The van der Waals surface area contributed by atoms with Gasteiger partial charge in [0.25, 0.3) is 0 Å². The lowest BCUT2D eigenvalue weighted by atomic mass is 10.2. The summed E-state index contributed by atoms with van der Waals surface area (Å²) < 4.78 is 66.0. The smallest absolute Gasteiger partial charge is 0.406 e. The Morgan fingerprint density at radius 2 is 1.02 bits per heavy atom. The number of rotatable bonds is 5. The van der Waals surface area contributed by atoms with E-state index in [1.165, 1.54) is 72.8 Å². The van der Waals surface area contributed by atoms with Crippen molar-refractivity contribution in [2.24, 2.45) is 0 Å². The van der Waals surface area contributed by atoms with E-state index in [1.54, 1.807) is 12.1 Å². The molecule has 0 saturated heterocycles. The van der Waals surface area contributed by atoms with E-state index < -0.39 is 12.2 Å². The molecule has 14 heteroatoms. The molecule has 0 unspecified atom stereocenters. The number of aromatic nitrogens is 4. The fourth-order valence-electron chi connectivity index (χ4n) is 3.22. The van der Waals surface area contributed by atoms with Crippen LogP contribution in [0.4, 0.5) is 33.5 Å². The number of hydrogen-bond acceptors (Lipinski definition) is 6. The van der Waals surface area contributed by atoms with Crippen molar-refractivity contribution in [1.82, 2.24) is 19.9 Å². The van der Waals surface area contributed by atoms with Gasteiger partial charge in [-0.3, -0.25) is 0 Å². The van der Waals surface area contributed by atoms with Gasteiger partial charge in [0.05, 0.1) is 0 Å². The van der Waals surface area contributed by atoms with Crippen molar-refractivity contribution in [3.8, 4) is 28.5 Å². The minimum Gasteiger partial charge on any atom is -0.406 e. The molecule has 0 fully saturated rings. The Labute approximate surface area is 244 Å². The summed E-state index contributed by atoms with van der Waals surface area (Å²) in [5.74, 6) is -0.0590. The zero-order valence-electron chi connectivity index (χ0n) is 20.3. The molecule has 6 nitrogen and oxygen atoms in total. The van der Waals surface area contributed by atoms with Crippen LogP contribution in [-0.2, 0) is 0 Å². The topological polar surface area (TPSA) is 72.8 Å². The molecule has 2 heterocycles. The van der Waals surface area contributed by atoms with Crippen LogP contribution in [0.15, 0.2) is 84.9 Å². The number of nitrogens with zero attached hydrogens (tertiary/aromatic N) is 4. The molecular weight excluding hydrogens is 612 g/mol. The highest BCUT2D eigenvalue weighted by Gasteiger charge is 2.30. The van der Waals surface area contributed by atoms with Crippen LogP contribution in [0, 0.1) is 11.6 Å². The monoisotopic (exact) mass is 625 g/mol. The number of nitrogens with one attached hydrogen (secondary N) is 1. The first kappa shape index (κ1) is 29.9. The highest BCUT2D eigenvalue weighted by molar-refractivity contribution is 6.33. The summed E-state index contributed by atoms with van der Waals surface area (Å²) >= 11 is 17.4. The molecule has 0 spiro atoms. The number of benzene rings is 3. The van der Waals surface area contributed by atoms with E-state index in [-0.39, 0.29) is 32.9 Å². The number of anilines is 2. The third-order valence-corrected chi connectivity index (χ3v) is 5.50. The minimum atomic E-state index is -4.75. The number of halogens is 8. The highest BCUT2D eigenvalue weighted by atomic mass is 35.5. The summed E-state index contributed by atoms with van der Waals surface area (Å²) in [4.78, 5) is 16.3. The summed E-state index contributed by atoms with van der Waals surface area (Å²) in [5.41, 5.74) is 1.70. The Kier molecular flexibility index (Phi) is 9.53. The van der Waals surface area contributed by atoms with E-state index >= 15 is 0 Å². The predicted octanol–water partition coefficient (Wildman–Crippen LogP) is 9.17. The van der Waals surface area contributed by atoms with Gasteiger partial charge >= 0.3 is 6.36 Å². The summed E-state index contributed by atoms with van der Waals surface area (Å²) in [6, 6.07) is 19.4. The second-order valence-corrected chi connectivity index (χ2v) is 9.11. The molecule has 0 atom stereocenters. The third kappa shape index (κ3) is 9.24. The van der Waals surface area contributed by atoms with Crippen molar-refractivity contribution >= 4 is 46.3 Å². The molecule has 0 saturated carbocycles. The van der Waals surface area contributed by atoms with Gasteiger partial charge in [-0.15, -0.1) is 13.2 Å². The van der Waals surface area contributed by atoms with Gasteiger partial charge in [0.15, 0.2) is 11.6 Å². The van der Waals surface area contributed by atoms with Crippen LogP contribution in [0.3, 0.4) is 0 Å². The maximum Gasteiger partial charge on any atom is 0.573 e. The number of hydrogen-bond donors (Lipinski definition) is 1. The lowest BCUT2D eigenvalue weighted by Crippen LogP contribution is -2.16. The van der Waals surface area contributed by atoms with Gasteiger partial charge in [0.1, 0.15) is 38.7 Å². The molecule has 0 amide bonds. The van der Waals surface area contributed by atoms with E-state index in [0.29, 0.717) is 28.5 Å². The molecule has 0 bridgehead atoms. The van der Waals surface area contributed by atoms with Crippen LogP contribution >= 0.6 is 34.8 Å². The Morgan fingerprint density at radius 1 is 0.585 bits per heavy atom. The van der Waals surface area contributed by atoms with Gasteiger partial charge in [-0.05, 0) is 72.8 Å². The molecule has 0 aliphatic heterocycles. The summed E-state index contributed by atoms with van der Waals surface area (Å²) in [5, 5.41) is 3.58. The van der Waals surface area contributed by atoms with Gasteiger partial charge in [-0.25, -0.2) is 28.7 Å². The Balaban J connectivity index is 0.000000218. The fourth-order valence-corrected chi connectivity index (χ4v) is 3.82. The van der Waals surface area contributed by atoms with Crippen molar-refractivity contribution in [2.75, 3.05) is 5.32 Å². The number of alkyl halides is 3. The fraction of sp³-hybridized carbons (Fsp3) is 0.0370. The Bertz CT molecular complexity index is 1600. The van der Waals surface area contributed by atoms with Crippen LogP contribution in [0.25, 0.3) is 22.8 Å². The molecule has 5 aromatic rings. The lowest BCUT2D eigenvalue weighted by Gasteiger charge is -2.11. The van der Waals surface area contributed by atoms with E-state index in [1.807, 2.05) is 0 Å². The van der Waals surface area contributed by atoms with Gasteiger partial charge < -0.3 is 10.1 Å². The van der Waals surface area contributed by atoms with E-state index in [2.05, 4.69) is 30.0 Å². The molecule has 5 rings (SSSR count). The van der Waals surface area contributed by atoms with Gasteiger partial charge in [-0.2, -0.15) is 0 Å². The largest absolute Gasteiger partial charge is 0.573 e. The molecular formula is C27H15Cl3F5N5O. The molecule has 0 aliphatic carbocycles. The van der Waals surface area contributed by atoms with Crippen molar-refractivity contribution in [2.45, 2.75) is 6.36 Å². The van der Waals surface area contributed by atoms with Crippen molar-refractivity contribution in [1.29, 1.82) is 0 Å². The van der Waals surface area contributed by atoms with Crippen LogP contribution in [0.1, 0.15) is 0 Å². The first-order valence-corrected chi connectivity index (χ1v) is 12.5. The van der Waals surface area contributed by atoms with Crippen molar-refractivity contribution in [3.05, 3.63) is 112 Å². The van der Waals surface area contributed by atoms with Gasteiger partial charge in [0, 0.05) is 28.9 Å². The molecule has 1 N–H and O–H groups in total. The number of ether oxygens (including phenoxy) is 1. The van der Waals surface area contributed by atoms with E-state index in [0.717, 1.165) is 0 Å².